The molecule has 2 aliphatic rings. The van der Waals surface area contributed by atoms with Gasteiger partial charge in [0.25, 0.3) is 23.3 Å². The van der Waals surface area contributed by atoms with Crippen molar-refractivity contribution in [2.45, 2.75) is 38.3 Å². The lowest BCUT2D eigenvalue weighted by Gasteiger charge is -2.39. The molecule has 44 heavy (non-hydrogen) atoms. The number of carbonyl (C=O) groups excluding carboxylic acids is 2. The van der Waals surface area contributed by atoms with Gasteiger partial charge in [0, 0.05) is 44.1 Å². The van der Waals surface area contributed by atoms with E-state index in [0.29, 0.717) is 30.8 Å². The molecule has 3 aromatic rings. The van der Waals surface area contributed by atoms with Crippen LogP contribution < -0.4 is 20.9 Å². The van der Waals surface area contributed by atoms with Crippen molar-refractivity contribution in [2.75, 3.05) is 45.3 Å². The van der Waals surface area contributed by atoms with Crippen LogP contribution in [0.2, 0.25) is 0 Å². The predicted molar refractivity (Wildman–Crippen MR) is 157 cm³/mol. The quantitative estimate of drug-likeness (QED) is 0.299. The summed E-state index contributed by atoms with van der Waals surface area (Å²) in [6, 6.07) is 11.0. The second-order valence-corrected chi connectivity index (χ2v) is 10.7. The molecule has 2 fully saturated rings. The Bertz CT molecular complexity index is 1670. The van der Waals surface area contributed by atoms with Crippen molar-refractivity contribution < 1.29 is 27.8 Å². The van der Waals surface area contributed by atoms with Crippen LogP contribution in [0.3, 0.4) is 0 Å². The minimum Gasteiger partial charge on any atom is -0.478 e. The van der Waals surface area contributed by atoms with Gasteiger partial charge in [0.2, 0.25) is 5.88 Å². The lowest BCUT2D eigenvalue weighted by atomic mass is 9.96. The topological polar surface area (TPSA) is 139 Å². The van der Waals surface area contributed by atoms with Gasteiger partial charge in [-0.2, -0.15) is 10.2 Å². The van der Waals surface area contributed by atoms with Crippen LogP contribution >= 0.6 is 0 Å². The molecule has 2 amide bonds. The fourth-order valence-electron chi connectivity index (χ4n) is 4.95. The number of hydrogen-bond acceptors (Lipinski definition) is 8. The lowest BCUT2D eigenvalue weighted by molar-refractivity contribution is -0.113. The summed E-state index contributed by atoms with van der Waals surface area (Å²) in [5.41, 5.74) is 1.24. The Kier molecular flexibility index (Phi) is 9.03. The molecule has 1 aromatic carbocycles. The number of alkyl halides is 2. The molecule has 11 nitrogen and oxygen atoms in total. The molecule has 1 saturated heterocycles. The molecule has 0 atom stereocenters. The number of ether oxygens (including phenoxy) is 2. The highest BCUT2D eigenvalue weighted by Gasteiger charge is 2.46. The summed E-state index contributed by atoms with van der Waals surface area (Å²) >= 11 is 0. The number of nitrogens with zero attached hydrogens (tertiary/aromatic N) is 4. The Hall–Kier alpha value is -4.67. The summed E-state index contributed by atoms with van der Waals surface area (Å²) in [5.74, 6) is -4.11. The van der Waals surface area contributed by atoms with Gasteiger partial charge in [-0.25, -0.2) is 8.78 Å². The number of likely N-dealkylation sites (tertiary alicyclic amines) is 1. The number of nitrogens with one attached hydrogen (secondary N) is 2. The number of rotatable bonds is 12. The van der Waals surface area contributed by atoms with Crippen LogP contribution in [0.25, 0.3) is 11.1 Å². The van der Waals surface area contributed by atoms with Crippen molar-refractivity contribution in [3.8, 4) is 23.1 Å². The maximum atomic E-state index is 13.6. The normalized spacial score (nSPS) is 15.3. The first kappa shape index (κ1) is 30.8. The second kappa shape index (κ2) is 12.9. The Morgan fingerprint density at radius 1 is 1.16 bits per heavy atom. The molecule has 0 radical (unpaired) electrons. The van der Waals surface area contributed by atoms with E-state index in [1.165, 1.54) is 24.3 Å². The first-order valence-electron chi connectivity index (χ1n) is 14.2. The summed E-state index contributed by atoms with van der Waals surface area (Å²) in [6.07, 6.45) is 3.47. The smallest absolute Gasteiger partial charge is 0.282 e. The molecule has 0 spiro atoms. The van der Waals surface area contributed by atoms with E-state index in [9.17, 15) is 28.4 Å². The molecule has 3 heterocycles. The first-order valence-corrected chi connectivity index (χ1v) is 14.2. The average molecular weight is 607 g/mol. The molecule has 1 aliphatic carbocycles. The highest BCUT2D eigenvalue weighted by Crippen LogP contribution is 2.35. The fraction of sp³-hybridized carbons (Fsp3) is 0.387. The second-order valence-electron chi connectivity index (χ2n) is 10.7. The van der Waals surface area contributed by atoms with Gasteiger partial charge in [0.1, 0.15) is 11.4 Å². The number of aromatic nitrogens is 2. The minimum atomic E-state index is -2.96. The number of hydrogen-bond donors (Lipinski definition) is 2. The Balaban J connectivity index is 1.48. The van der Waals surface area contributed by atoms with E-state index in [0.717, 1.165) is 23.3 Å². The van der Waals surface area contributed by atoms with E-state index in [1.807, 2.05) is 6.07 Å². The number of benzene rings is 1. The van der Waals surface area contributed by atoms with Crippen LogP contribution in [-0.4, -0.2) is 72.1 Å². The summed E-state index contributed by atoms with van der Waals surface area (Å²) in [6.45, 7) is 2.09. The van der Waals surface area contributed by atoms with Crippen molar-refractivity contribution in [3.63, 3.8) is 0 Å². The number of nitriles is 1. The van der Waals surface area contributed by atoms with Crippen molar-refractivity contribution in [1.29, 1.82) is 5.26 Å². The molecule has 2 N–H and O–H groups in total. The molecule has 5 rings (SSSR count). The van der Waals surface area contributed by atoms with Gasteiger partial charge in [0.15, 0.2) is 0 Å². The van der Waals surface area contributed by atoms with E-state index in [4.69, 9.17) is 9.47 Å². The van der Waals surface area contributed by atoms with Crippen LogP contribution in [0.15, 0.2) is 47.4 Å². The minimum absolute atomic E-state index is 0.0395. The first-order chi connectivity index (χ1) is 21.1. The number of halogens is 2. The maximum absolute atomic E-state index is 13.6. The zero-order chi connectivity index (χ0) is 31.4. The highest BCUT2D eigenvalue weighted by atomic mass is 19.3. The molecule has 1 aliphatic heterocycles. The maximum Gasteiger partial charge on any atom is 0.282 e. The molecule has 13 heteroatoms. The molecule has 1 saturated carbocycles. The zero-order valence-corrected chi connectivity index (χ0v) is 24.4. The summed E-state index contributed by atoms with van der Waals surface area (Å²) in [4.78, 5) is 45.4. The number of amides is 2. The van der Waals surface area contributed by atoms with Crippen molar-refractivity contribution in [1.82, 2.24) is 19.8 Å². The van der Waals surface area contributed by atoms with Crippen LogP contribution in [0.1, 0.15) is 57.7 Å². The number of methoxy groups -OCH3 is 1. The largest absolute Gasteiger partial charge is 0.478 e. The average Bonchev–Trinajstić information content (AvgIpc) is 3.83. The third-order valence-corrected chi connectivity index (χ3v) is 7.25. The summed E-state index contributed by atoms with van der Waals surface area (Å²) in [7, 11) is 1.60. The van der Waals surface area contributed by atoms with Crippen LogP contribution in [-0.2, 0) is 11.3 Å². The van der Waals surface area contributed by atoms with Crippen LogP contribution in [0, 0.1) is 11.3 Å². The SMILES string of the molecule is CCOc1cc(-c2ccc(C#N)cc2C(=O)N2CC(F)(F)C2)cc(NC(=O)c2cc(CNCCOC)cn(C3CC3)c2=O)n1. The third-order valence-electron chi connectivity index (χ3n) is 7.25. The molecular formula is C31H32F2N6O5. The van der Waals surface area contributed by atoms with Crippen LogP contribution in [0.5, 0.6) is 5.88 Å². The van der Waals surface area contributed by atoms with Gasteiger partial charge in [-0.3, -0.25) is 14.4 Å². The zero-order valence-electron chi connectivity index (χ0n) is 24.4. The van der Waals surface area contributed by atoms with E-state index in [1.54, 1.807) is 36.9 Å². The molecule has 230 valence electrons. The van der Waals surface area contributed by atoms with Crippen molar-refractivity contribution >= 4 is 17.6 Å². The van der Waals surface area contributed by atoms with Gasteiger partial charge in [-0.15, -0.1) is 0 Å². The molecule has 0 unspecified atom stereocenters. The molecule has 0 bridgehead atoms. The highest BCUT2D eigenvalue weighted by molar-refractivity contribution is 6.05. The standard InChI is InChI=1S/C31H32F2N6O5/c1-3-44-27-13-21(23-7-4-19(14-34)10-24(23)29(41)38-17-31(32,33)18-38)12-26(36-27)37-28(40)25-11-20(15-35-8-9-43-2)16-39(30(25)42)22-5-6-22/h4,7,10-13,16,22,35H,3,5-6,8-9,15,17-18H2,1-2H3,(H,36,37,40). The number of carbonyl (C=O) groups is 2. The predicted octanol–water partition coefficient (Wildman–Crippen LogP) is 3.59. The van der Waals surface area contributed by atoms with Gasteiger partial charge >= 0.3 is 0 Å². The number of anilines is 1. The van der Waals surface area contributed by atoms with Gasteiger partial charge in [0.05, 0.1) is 37.9 Å². The van der Waals surface area contributed by atoms with E-state index >= 15 is 0 Å². The van der Waals surface area contributed by atoms with Crippen LogP contribution in [0.4, 0.5) is 14.6 Å². The van der Waals surface area contributed by atoms with Gasteiger partial charge in [-0.05, 0) is 60.7 Å². The van der Waals surface area contributed by atoms with E-state index < -0.39 is 36.4 Å². The van der Waals surface area contributed by atoms with Crippen molar-refractivity contribution in [2.24, 2.45) is 0 Å². The monoisotopic (exact) mass is 606 g/mol. The van der Waals surface area contributed by atoms with E-state index in [-0.39, 0.29) is 41.0 Å². The fourth-order valence-corrected chi connectivity index (χ4v) is 4.95. The summed E-state index contributed by atoms with van der Waals surface area (Å²) < 4.78 is 39.4. The molecular weight excluding hydrogens is 574 g/mol. The molecule has 2 aromatic heterocycles. The Labute approximate surface area is 252 Å². The summed E-state index contributed by atoms with van der Waals surface area (Å²) in [5, 5.41) is 15.3. The van der Waals surface area contributed by atoms with Crippen molar-refractivity contribution in [3.05, 3.63) is 75.2 Å². The lowest BCUT2D eigenvalue weighted by Crippen LogP contribution is -2.58. The van der Waals surface area contributed by atoms with Gasteiger partial charge < -0.3 is 29.6 Å². The third kappa shape index (κ3) is 6.93. The number of pyridine rings is 2. The van der Waals surface area contributed by atoms with E-state index in [2.05, 4.69) is 15.6 Å². The Morgan fingerprint density at radius 2 is 1.93 bits per heavy atom. The van der Waals surface area contributed by atoms with Gasteiger partial charge in [-0.1, -0.05) is 6.07 Å². The Morgan fingerprint density at radius 3 is 2.59 bits per heavy atom.